The van der Waals surface area contributed by atoms with Crippen LogP contribution in [0, 0.1) is 0 Å². The fourth-order valence-electron chi connectivity index (χ4n) is 4.84. The summed E-state index contributed by atoms with van der Waals surface area (Å²) in [7, 11) is 1.25. The Labute approximate surface area is 198 Å². The Balaban J connectivity index is 1.72. The number of esters is 1. The van der Waals surface area contributed by atoms with E-state index in [0.29, 0.717) is 18.7 Å². The van der Waals surface area contributed by atoms with E-state index < -0.39 is 23.3 Å². The summed E-state index contributed by atoms with van der Waals surface area (Å²) in [6.45, 7) is 1.22. The summed E-state index contributed by atoms with van der Waals surface area (Å²) in [5.41, 5.74) is -0.201. The summed E-state index contributed by atoms with van der Waals surface area (Å²) in [6.07, 6.45) is 10.1. The zero-order valence-electron chi connectivity index (χ0n) is 19.5. The van der Waals surface area contributed by atoms with E-state index in [-0.39, 0.29) is 23.1 Å². The molecule has 1 aromatic carbocycles. The predicted molar refractivity (Wildman–Crippen MR) is 127 cm³/mol. The lowest BCUT2D eigenvalue weighted by atomic mass is 9.95. The molecular formula is C26H31N3O5. The number of hydrogen-bond donors (Lipinski definition) is 1. The zero-order valence-corrected chi connectivity index (χ0v) is 19.5. The van der Waals surface area contributed by atoms with Crippen molar-refractivity contribution in [2.45, 2.75) is 57.0 Å². The summed E-state index contributed by atoms with van der Waals surface area (Å²) in [4.78, 5) is 54.0. The van der Waals surface area contributed by atoms with Crippen molar-refractivity contribution >= 4 is 17.8 Å². The van der Waals surface area contributed by atoms with Gasteiger partial charge in [0, 0.05) is 31.5 Å². The van der Waals surface area contributed by atoms with E-state index in [2.05, 4.69) is 5.32 Å². The van der Waals surface area contributed by atoms with Crippen molar-refractivity contribution in [1.29, 1.82) is 0 Å². The van der Waals surface area contributed by atoms with Crippen LogP contribution in [0.1, 0.15) is 83.3 Å². The maximum atomic E-state index is 13.4. The molecule has 1 saturated heterocycles. The number of likely N-dealkylation sites (tertiary alicyclic amines) is 1. The van der Waals surface area contributed by atoms with E-state index in [9.17, 15) is 19.2 Å². The number of carbonyl (C=O) groups excluding carboxylic acids is 3. The predicted octanol–water partition coefficient (Wildman–Crippen LogP) is 3.23. The molecule has 8 heteroatoms. The maximum absolute atomic E-state index is 13.4. The first-order valence-corrected chi connectivity index (χ1v) is 12.0. The van der Waals surface area contributed by atoms with Crippen molar-refractivity contribution in [3.8, 4) is 0 Å². The van der Waals surface area contributed by atoms with Crippen LogP contribution >= 0.6 is 0 Å². The molecule has 1 aliphatic carbocycles. The van der Waals surface area contributed by atoms with E-state index in [0.717, 1.165) is 44.9 Å². The highest BCUT2D eigenvalue weighted by Gasteiger charge is 2.29. The van der Waals surface area contributed by atoms with Gasteiger partial charge in [-0.25, -0.2) is 4.79 Å². The smallest absolute Gasteiger partial charge is 0.333 e. The second kappa shape index (κ2) is 10.7. The van der Waals surface area contributed by atoms with Gasteiger partial charge >= 0.3 is 5.97 Å². The molecule has 1 aromatic heterocycles. The molecule has 2 amide bonds. The summed E-state index contributed by atoms with van der Waals surface area (Å²) >= 11 is 0. The van der Waals surface area contributed by atoms with Gasteiger partial charge in [-0.15, -0.1) is 0 Å². The molecule has 0 bridgehead atoms. The van der Waals surface area contributed by atoms with Gasteiger partial charge in [0.2, 0.25) is 5.43 Å². The Kier molecular flexibility index (Phi) is 7.45. The average Bonchev–Trinajstić information content (AvgIpc) is 3.42. The van der Waals surface area contributed by atoms with Gasteiger partial charge < -0.3 is 19.5 Å². The van der Waals surface area contributed by atoms with Gasteiger partial charge in [-0.3, -0.25) is 14.4 Å². The van der Waals surface area contributed by atoms with Crippen LogP contribution in [0.3, 0.4) is 0 Å². The number of ether oxygens (including phenoxy) is 1. The summed E-state index contributed by atoms with van der Waals surface area (Å²) < 4.78 is 6.74. The van der Waals surface area contributed by atoms with E-state index in [1.165, 1.54) is 13.3 Å². The van der Waals surface area contributed by atoms with Crippen LogP contribution in [-0.4, -0.2) is 47.4 Å². The van der Waals surface area contributed by atoms with E-state index >= 15 is 0 Å². The van der Waals surface area contributed by atoms with Crippen molar-refractivity contribution < 1.29 is 19.1 Å². The quantitative estimate of drug-likeness (QED) is 0.661. The van der Waals surface area contributed by atoms with Crippen molar-refractivity contribution in [3.63, 3.8) is 0 Å². The molecule has 180 valence electrons. The van der Waals surface area contributed by atoms with Crippen LogP contribution in [0.5, 0.6) is 0 Å². The van der Waals surface area contributed by atoms with Gasteiger partial charge in [-0.2, -0.15) is 0 Å². The third-order valence-electron chi connectivity index (χ3n) is 6.76. The average molecular weight is 466 g/mol. The molecule has 1 aliphatic heterocycles. The Hall–Kier alpha value is -3.42. The maximum Gasteiger partial charge on any atom is 0.333 e. The second-order valence-electron chi connectivity index (χ2n) is 8.99. The number of carbonyl (C=O) groups is 3. The monoisotopic (exact) mass is 465 g/mol. The molecule has 34 heavy (non-hydrogen) atoms. The van der Waals surface area contributed by atoms with E-state index in [1.54, 1.807) is 41.4 Å². The van der Waals surface area contributed by atoms with Gasteiger partial charge in [-0.1, -0.05) is 49.6 Å². The standard InChI is InChI=1S/C26H31N3O5/c1-34-26(33)22(18-10-4-2-5-11-18)27-24(31)20-16-29(19-12-6-3-7-13-19)17-21(23(20)30)25(32)28-14-8-9-15-28/h2,4-5,10-11,16-17,19,22H,3,6-9,12-15H2,1H3,(H,27,31)/t22-/m0/s1. The number of methoxy groups -OCH3 is 1. The SMILES string of the molecule is COC(=O)[C@@H](NC(=O)c1cn(C2CCCCC2)cc(C(=O)N2CCCC2)c1=O)c1ccccc1. The number of nitrogens with zero attached hydrogens (tertiary/aromatic N) is 2. The summed E-state index contributed by atoms with van der Waals surface area (Å²) in [6, 6.07) is 7.77. The summed E-state index contributed by atoms with van der Waals surface area (Å²) in [5.74, 6) is -1.68. The number of pyridine rings is 1. The highest BCUT2D eigenvalue weighted by molar-refractivity contribution is 6.00. The number of benzene rings is 1. The number of aromatic nitrogens is 1. The fourth-order valence-corrected chi connectivity index (χ4v) is 4.84. The number of amides is 2. The third kappa shape index (κ3) is 5.05. The normalized spacial score (nSPS) is 17.3. The molecule has 0 unspecified atom stereocenters. The molecule has 1 N–H and O–H groups in total. The van der Waals surface area contributed by atoms with Crippen LogP contribution in [0.15, 0.2) is 47.5 Å². The summed E-state index contributed by atoms with van der Waals surface area (Å²) in [5, 5.41) is 2.66. The minimum absolute atomic E-state index is 0.00875. The van der Waals surface area contributed by atoms with Crippen LogP contribution in [0.25, 0.3) is 0 Å². The van der Waals surface area contributed by atoms with Crippen molar-refractivity contribution in [3.05, 3.63) is 69.6 Å². The lowest BCUT2D eigenvalue weighted by Gasteiger charge is -2.26. The first kappa shape index (κ1) is 23.7. The molecule has 2 aromatic rings. The minimum Gasteiger partial charge on any atom is -0.467 e. The molecule has 2 fully saturated rings. The van der Waals surface area contributed by atoms with Gasteiger partial charge in [0.1, 0.15) is 11.1 Å². The van der Waals surface area contributed by atoms with Crippen molar-refractivity contribution in [2.24, 2.45) is 0 Å². The largest absolute Gasteiger partial charge is 0.467 e. The second-order valence-corrected chi connectivity index (χ2v) is 8.99. The number of hydrogen-bond acceptors (Lipinski definition) is 5. The van der Waals surface area contributed by atoms with Gasteiger partial charge in [0.25, 0.3) is 11.8 Å². The molecule has 1 atom stereocenters. The Morgan fingerprint density at radius 1 is 0.941 bits per heavy atom. The topological polar surface area (TPSA) is 97.7 Å². The van der Waals surface area contributed by atoms with Gasteiger partial charge in [0.15, 0.2) is 6.04 Å². The van der Waals surface area contributed by atoms with Crippen molar-refractivity contribution in [1.82, 2.24) is 14.8 Å². The minimum atomic E-state index is -1.07. The van der Waals surface area contributed by atoms with Gasteiger partial charge in [-0.05, 0) is 31.2 Å². The molecule has 2 heterocycles. The molecular weight excluding hydrogens is 434 g/mol. The Bertz CT molecular complexity index is 1100. The molecule has 0 spiro atoms. The Morgan fingerprint density at radius 3 is 2.24 bits per heavy atom. The number of rotatable bonds is 6. The van der Waals surface area contributed by atoms with Gasteiger partial charge in [0.05, 0.1) is 7.11 Å². The first-order valence-electron chi connectivity index (χ1n) is 12.0. The van der Waals surface area contributed by atoms with Crippen molar-refractivity contribution in [2.75, 3.05) is 20.2 Å². The lowest BCUT2D eigenvalue weighted by molar-refractivity contribution is -0.143. The first-order chi connectivity index (χ1) is 16.5. The lowest BCUT2D eigenvalue weighted by Crippen LogP contribution is -2.40. The molecule has 2 aliphatic rings. The Morgan fingerprint density at radius 2 is 1.59 bits per heavy atom. The fraction of sp³-hybridized carbons (Fsp3) is 0.462. The molecule has 8 nitrogen and oxygen atoms in total. The highest BCUT2D eigenvalue weighted by atomic mass is 16.5. The number of nitrogens with one attached hydrogen (secondary N) is 1. The third-order valence-corrected chi connectivity index (χ3v) is 6.76. The van der Waals surface area contributed by atoms with Crippen LogP contribution < -0.4 is 10.7 Å². The molecule has 1 saturated carbocycles. The zero-order chi connectivity index (χ0) is 24.1. The molecule has 0 radical (unpaired) electrons. The van der Waals surface area contributed by atoms with Crippen LogP contribution in [0.2, 0.25) is 0 Å². The van der Waals surface area contributed by atoms with Crippen LogP contribution in [-0.2, 0) is 9.53 Å². The highest BCUT2D eigenvalue weighted by Crippen LogP contribution is 2.28. The van der Waals surface area contributed by atoms with E-state index in [4.69, 9.17) is 4.74 Å². The van der Waals surface area contributed by atoms with Crippen LogP contribution in [0.4, 0.5) is 0 Å². The van der Waals surface area contributed by atoms with E-state index in [1.807, 2.05) is 4.57 Å². The molecule has 4 rings (SSSR count).